The van der Waals surface area contributed by atoms with E-state index >= 15 is 0 Å². The van der Waals surface area contributed by atoms with Crippen LogP contribution in [0.1, 0.15) is 35.2 Å². The number of nitrogens with zero attached hydrogens (tertiary/aromatic N) is 3. The van der Waals surface area contributed by atoms with E-state index in [4.69, 9.17) is 23.2 Å². The third kappa shape index (κ3) is 5.25. The molecule has 0 bridgehead atoms. The highest BCUT2D eigenvalue weighted by Gasteiger charge is 2.37. The van der Waals surface area contributed by atoms with Gasteiger partial charge in [-0.25, -0.2) is 4.39 Å². The van der Waals surface area contributed by atoms with Crippen molar-refractivity contribution in [2.24, 2.45) is 0 Å². The Hall–Kier alpha value is -2.15. The summed E-state index contributed by atoms with van der Waals surface area (Å²) in [5.41, 5.74) is 1.06. The third-order valence-corrected chi connectivity index (χ3v) is 6.60. The molecule has 1 atom stereocenters. The smallest absolute Gasteiger partial charge is 0.254 e. The zero-order chi connectivity index (χ0) is 22.7. The van der Waals surface area contributed by atoms with E-state index in [0.717, 1.165) is 19.4 Å². The first-order chi connectivity index (χ1) is 15.4. The molecule has 1 unspecified atom stereocenters. The summed E-state index contributed by atoms with van der Waals surface area (Å²) in [7, 11) is 0. The quantitative estimate of drug-likeness (QED) is 0.652. The Balaban J connectivity index is 1.41. The van der Waals surface area contributed by atoms with Crippen LogP contribution in [0.15, 0.2) is 42.5 Å². The number of carbonyl (C=O) groups is 2. The average molecular weight is 478 g/mol. The molecule has 2 aromatic rings. The van der Waals surface area contributed by atoms with E-state index < -0.39 is 6.04 Å². The summed E-state index contributed by atoms with van der Waals surface area (Å²) in [4.78, 5) is 32.1. The minimum atomic E-state index is -0.474. The minimum Gasteiger partial charge on any atom is -0.340 e. The maximum absolute atomic E-state index is 14.0. The van der Waals surface area contributed by atoms with Crippen molar-refractivity contribution in [3.63, 3.8) is 0 Å². The number of hydrogen-bond donors (Lipinski definition) is 0. The lowest BCUT2D eigenvalue weighted by Crippen LogP contribution is -2.48. The monoisotopic (exact) mass is 477 g/mol. The Morgan fingerprint density at radius 1 is 0.938 bits per heavy atom. The molecular formula is C24H26Cl2FN3O2. The van der Waals surface area contributed by atoms with E-state index in [1.807, 2.05) is 11.0 Å². The Labute approximate surface area is 197 Å². The van der Waals surface area contributed by atoms with Crippen LogP contribution in [0.3, 0.4) is 0 Å². The molecule has 2 aliphatic rings. The molecule has 0 aliphatic carbocycles. The van der Waals surface area contributed by atoms with Crippen molar-refractivity contribution in [3.05, 3.63) is 69.5 Å². The lowest BCUT2D eigenvalue weighted by molar-refractivity contribution is -0.135. The fourth-order valence-electron chi connectivity index (χ4n) is 4.54. The van der Waals surface area contributed by atoms with Crippen LogP contribution in [-0.2, 0) is 11.3 Å². The number of halogens is 3. The van der Waals surface area contributed by atoms with Crippen LogP contribution in [0.2, 0.25) is 10.0 Å². The van der Waals surface area contributed by atoms with Gasteiger partial charge in [0.05, 0.1) is 0 Å². The topological polar surface area (TPSA) is 43.9 Å². The van der Waals surface area contributed by atoms with Gasteiger partial charge < -0.3 is 9.80 Å². The van der Waals surface area contributed by atoms with Gasteiger partial charge in [-0.05, 0) is 43.5 Å². The molecule has 0 N–H and O–H groups in total. The number of hydrogen-bond acceptors (Lipinski definition) is 3. The summed E-state index contributed by atoms with van der Waals surface area (Å²) in [6.45, 7) is 3.73. The predicted octanol–water partition coefficient (Wildman–Crippen LogP) is 4.47. The van der Waals surface area contributed by atoms with Crippen molar-refractivity contribution in [2.75, 3.05) is 32.7 Å². The van der Waals surface area contributed by atoms with Gasteiger partial charge in [0.2, 0.25) is 5.91 Å². The molecule has 0 radical (unpaired) electrons. The van der Waals surface area contributed by atoms with Crippen molar-refractivity contribution in [3.8, 4) is 0 Å². The second-order valence-corrected chi connectivity index (χ2v) is 9.23. The maximum Gasteiger partial charge on any atom is 0.254 e. The normalized spacial score (nSPS) is 19.8. The molecule has 2 aliphatic heterocycles. The van der Waals surface area contributed by atoms with E-state index in [2.05, 4.69) is 4.90 Å². The second-order valence-electron chi connectivity index (χ2n) is 8.36. The van der Waals surface area contributed by atoms with Crippen LogP contribution >= 0.6 is 23.2 Å². The highest BCUT2D eigenvalue weighted by molar-refractivity contribution is 6.35. The first-order valence-corrected chi connectivity index (χ1v) is 11.7. The first kappa shape index (κ1) is 23.0. The minimum absolute atomic E-state index is 0.0169. The van der Waals surface area contributed by atoms with E-state index in [1.54, 1.807) is 35.2 Å². The van der Waals surface area contributed by atoms with Crippen molar-refractivity contribution >= 4 is 35.0 Å². The van der Waals surface area contributed by atoms with E-state index in [1.165, 1.54) is 6.07 Å². The molecule has 2 aromatic carbocycles. The molecule has 2 heterocycles. The summed E-state index contributed by atoms with van der Waals surface area (Å²) in [5, 5.41) is 0.788. The fraction of sp³-hybridized carbons (Fsp3) is 0.417. The predicted molar refractivity (Wildman–Crippen MR) is 123 cm³/mol. The Bertz CT molecular complexity index is 983. The van der Waals surface area contributed by atoms with Gasteiger partial charge in [0.15, 0.2) is 0 Å². The maximum atomic E-state index is 14.0. The molecule has 2 saturated heterocycles. The zero-order valence-electron chi connectivity index (χ0n) is 17.8. The highest BCUT2D eigenvalue weighted by atomic mass is 35.5. The van der Waals surface area contributed by atoms with E-state index in [0.29, 0.717) is 60.3 Å². The van der Waals surface area contributed by atoms with Crippen LogP contribution in [0.25, 0.3) is 0 Å². The fourth-order valence-corrected chi connectivity index (χ4v) is 5.06. The Morgan fingerprint density at radius 3 is 2.44 bits per heavy atom. The molecule has 5 nitrogen and oxygen atoms in total. The van der Waals surface area contributed by atoms with Gasteiger partial charge in [-0.15, -0.1) is 0 Å². The summed E-state index contributed by atoms with van der Waals surface area (Å²) in [6, 6.07) is 11.1. The van der Waals surface area contributed by atoms with Gasteiger partial charge >= 0.3 is 0 Å². The molecule has 8 heteroatoms. The number of rotatable bonds is 4. The van der Waals surface area contributed by atoms with Gasteiger partial charge in [-0.1, -0.05) is 41.4 Å². The number of likely N-dealkylation sites (tertiary alicyclic amines) is 1. The highest BCUT2D eigenvalue weighted by Crippen LogP contribution is 2.26. The van der Waals surface area contributed by atoms with Crippen molar-refractivity contribution in [1.82, 2.24) is 14.7 Å². The SMILES string of the molecule is O=C(C1CCCN1C(=O)c1cc(Cl)cc(Cl)c1)N1CCCN(Cc2ccccc2F)CC1. The van der Waals surface area contributed by atoms with Crippen LogP contribution in [0, 0.1) is 5.82 Å². The van der Waals surface area contributed by atoms with Gasteiger partial charge in [0, 0.05) is 60.4 Å². The molecule has 0 saturated carbocycles. The summed E-state index contributed by atoms with van der Waals surface area (Å²) in [5.74, 6) is -0.441. The molecule has 4 rings (SSSR count). The Kier molecular flexibility index (Phi) is 7.33. The molecular weight excluding hydrogens is 452 g/mol. The average Bonchev–Trinajstić information content (AvgIpc) is 3.13. The summed E-state index contributed by atoms with van der Waals surface area (Å²) < 4.78 is 14.0. The van der Waals surface area contributed by atoms with Crippen LogP contribution in [0.5, 0.6) is 0 Å². The molecule has 2 amide bonds. The van der Waals surface area contributed by atoms with Gasteiger partial charge in [0.25, 0.3) is 5.91 Å². The Morgan fingerprint density at radius 2 is 1.69 bits per heavy atom. The second kappa shape index (κ2) is 10.2. The molecule has 0 aromatic heterocycles. The summed E-state index contributed by atoms with van der Waals surface area (Å²) in [6.07, 6.45) is 2.24. The zero-order valence-corrected chi connectivity index (χ0v) is 19.3. The van der Waals surface area contributed by atoms with Crippen LogP contribution in [-0.4, -0.2) is 65.3 Å². The lowest BCUT2D eigenvalue weighted by Gasteiger charge is -2.30. The van der Waals surface area contributed by atoms with Crippen molar-refractivity contribution in [2.45, 2.75) is 31.8 Å². The molecule has 2 fully saturated rings. The summed E-state index contributed by atoms with van der Waals surface area (Å²) >= 11 is 12.1. The largest absolute Gasteiger partial charge is 0.340 e. The van der Waals surface area contributed by atoms with Gasteiger partial charge in [-0.2, -0.15) is 0 Å². The van der Waals surface area contributed by atoms with Crippen molar-refractivity contribution < 1.29 is 14.0 Å². The van der Waals surface area contributed by atoms with Crippen molar-refractivity contribution in [1.29, 1.82) is 0 Å². The first-order valence-electron chi connectivity index (χ1n) is 10.9. The number of amides is 2. The molecule has 32 heavy (non-hydrogen) atoms. The van der Waals surface area contributed by atoms with Crippen LogP contribution in [0.4, 0.5) is 4.39 Å². The molecule has 0 spiro atoms. The van der Waals surface area contributed by atoms with Gasteiger partial charge in [0.1, 0.15) is 11.9 Å². The third-order valence-electron chi connectivity index (χ3n) is 6.16. The van der Waals surface area contributed by atoms with Crippen LogP contribution < -0.4 is 0 Å². The number of benzene rings is 2. The van der Waals surface area contributed by atoms with E-state index in [-0.39, 0.29) is 17.6 Å². The number of carbonyl (C=O) groups excluding carboxylic acids is 2. The lowest BCUT2D eigenvalue weighted by atomic mass is 10.1. The molecule has 170 valence electrons. The van der Waals surface area contributed by atoms with Gasteiger partial charge in [-0.3, -0.25) is 14.5 Å². The standard InChI is InChI=1S/C24H26Cl2FN3O2/c25-19-13-18(14-20(26)15-19)23(31)30-10-3-7-22(30)24(32)29-9-4-8-28(11-12-29)16-17-5-1-2-6-21(17)27/h1-2,5-6,13-15,22H,3-4,7-12,16H2. The van der Waals surface area contributed by atoms with E-state index in [9.17, 15) is 14.0 Å².